The van der Waals surface area contributed by atoms with Crippen molar-refractivity contribution >= 4 is 11.9 Å². The number of nitrogens with one attached hydrogen (secondary N) is 2. The van der Waals surface area contributed by atoms with E-state index >= 15 is 0 Å². The lowest BCUT2D eigenvalue weighted by molar-refractivity contribution is 0.174. The molecule has 1 aromatic carbocycles. The molecule has 10 heteroatoms. The molecular weight excluding hydrogens is 405 g/mol. The number of rotatable bonds is 7. The summed E-state index contributed by atoms with van der Waals surface area (Å²) in [5, 5.41) is 9.79. The van der Waals surface area contributed by atoms with Crippen LogP contribution >= 0.6 is 0 Å². The molecule has 1 aliphatic rings. The van der Waals surface area contributed by atoms with Crippen molar-refractivity contribution in [3.05, 3.63) is 41.8 Å². The van der Waals surface area contributed by atoms with E-state index in [-0.39, 0.29) is 36.9 Å². The normalized spacial score (nSPS) is 15.6. The Morgan fingerprint density at radius 2 is 2.10 bits per heavy atom. The van der Waals surface area contributed by atoms with Crippen molar-refractivity contribution in [1.29, 1.82) is 0 Å². The predicted molar refractivity (Wildman–Crippen MR) is 110 cm³/mol. The number of alkyl carbamates (subject to hydrolysis) is 1. The molecule has 2 aromatic heterocycles. The van der Waals surface area contributed by atoms with E-state index in [1.54, 1.807) is 6.07 Å². The van der Waals surface area contributed by atoms with E-state index in [0.717, 1.165) is 11.3 Å². The van der Waals surface area contributed by atoms with Gasteiger partial charge in [0.05, 0.1) is 0 Å². The number of benzene rings is 1. The van der Waals surface area contributed by atoms with Crippen LogP contribution in [0.3, 0.4) is 0 Å². The molecule has 1 aliphatic heterocycles. The number of amides is 1. The molecule has 1 amide bonds. The summed E-state index contributed by atoms with van der Waals surface area (Å²) >= 11 is 0. The highest BCUT2D eigenvalue weighted by Crippen LogP contribution is 2.27. The number of carbonyl (C=O) groups excluding carboxylic acids is 1. The molecule has 2 N–H and O–H groups in total. The molecule has 1 fully saturated rings. The zero-order valence-corrected chi connectivity index (χ0v) is 17.3. The van der Waals surface area contributed by atoms with Crippen LogP contribution in [0.4, 0.5) is 15.0 Å². The van der Waals surface area contributed by atoms with E-state index < -0.39 is 11.9 Å². The number of ether oxygens (including phenoxy) is 2. The number of aromatic nitrogens is 3. The molecule has 0 radical (unpaired) electrons. The van der Waals surface area contributed by atoms with Crippen molar-refractivity contribution < 1.29 is 23.2 Å². The molecule has 1 saturated heterocycles. The van der Waals surface area contributed by atoms with Gasteiger partial charge in [0, 0.05) is 22.9 Å². The first-order valence-electron chi connectivity index (χ1n) is 9.82. The van der Waals surface area contributed by atoms with E-state index in [1.165, 1.54) is 12.1 Å². The molecule has 0 saturated carbocycles. The minimum atomic E-state index is -0.572. The third kappa shape index (κ3) is 4.90. The van der Waals surface area contributed by atoms with Crippen molar-refractivity contribution in [3.8, 4) is 28.6 Å². The third-order valence-corrected chi connectivity index (χ3v) is 4.43. The van der Waals surface area contributed by atoms with Crippen LogP contribution in [0.2, 0.25) is 0 Å². The summed E-state index contributed by atoms with van der Waals surface area (Å²) in [6.07, 6.45) is -0.506. The number of cyclic esters (lactones) is 1. The molecule has 3 aromatic rings. The van der Waals surface area contributed by atoms with Crippen LogP contribution < -0.4 is 15.4 Å². The summed E-state index contributed by atoms with van der Waals surface area (Å²) in [5.41, 5.74) is 1.97. The van der Waals surface area contributed by atoms with E-state index in [0.29, 0.717) is 17.3 Å². The van der Waals surface area contributed by atoms with Crippen molar-refractivity contribution in [2.24, 2.45) is 0 Å². The summed E-state index contributed by atoms with van der Waals surface area (Å²) in [7, 11) is 0. The molecule has 0 aliphatic carbocycles. The Kier molecular flexibility index (Phi) is 5.70. The maximum atomic E-state index is 14.5. The van der Waals surface area contributed by atoms with E-state index in [1.807, 2.05) is 32.9 Å². The Balaban J connectivity index is 1.49. The van der Waals surface area contributed by atoms with Crippen LogP contribution in [-0.4, -0.2) is 46.5 Å². The van der Waals surface area contributed by atoms with Gasteiger partial charge in [-0.25, -0.2) is 14.2 Å². The number of hydrogen-bond acceptors (Lipinski definition) is 8. The zero-order valence-electron chi connectivity index (χ0n) is 17.3. The van der Waals surface area contributed by atoms with E-state index in [9.17, 15) is 9.18 Å². The number of halogens is 1. The second kappa shape index (κ2) is 8.58. The first-order valence-corrected chi connectivity index (χ1v) is 9.82. The predicted octanol–water partition coefficient (Wildman–Crippen LogP) is 3.55. The van der Waals surface area contributed by atoms with Crippen molar-refractivity contribution in [3.63, 3.8) is 0 Å². The summed E-state index contributed by atoms with van der Waals surface area (Å²) in [6, 6.07) is 7.97. The Morgan fingerprint density at radius 3 is 2.81 bits per heavy atom. The highest BCUT2D eigenvalue weighted by atomic mass is 19.1. The lowest BCUT2D eigenvalue weighted by atomic mass is 10.2. The minimum Gasteiger partial charge on any atom is -0.488 e. The monoisotopic (exact) mass is 427 g/mol. The number of aryl methyl sites for hydroxylation is 1. The number of nitrogens with zero attached hydrogens (tertiary/aromatic N) is 3. The van der Waals surface area contributed by atoms with E-state index in [4.69, 9.17) is 14.0 Å². The Hall–Kier alpha value is -3.69. The lowest BCUT2D eigenvalue weighted by Crippen LogP contribution is -2.32. The van der Waals surface area contributed by atoms with Gasteiger partial charge in [-0.05, 0) is 51.1 Å². The van der Waals surface area contributed by atoms with E-state index in [2.05, 4.69) is 25.8 Å². The number of carbonyl (C=O) groups is 1. The molecule has 9 nitrogen and oxygen atoms in total. The maximum absolute atomic E-state index is 14.5. The zero-order chi connectivity index (χ0) is 22.0. The summed E-state index contributed by atoms with van der Waals surface area (Å²) < 4.78 is 30.1. The van der Waals surface area contributed by atoms with Gasteiger partial charge in [-0.2, -0.15) is 4.98 Å². The van der Waals surface area contributed by atoms with Gasteiger partial charge in [-0.3, -0.25) is 0 Å². The van der Waals surface area contributed by atoms with Gasteiger partial charge in [-0.1, -0.05) is 5.16 Å². The van der Waals surface area contributed by atoms with Crippen LogP contribution in [-0.2, 0) is 4.74 Å². The third-order valence-electron chi connectivity index (χ3n) is 4.43. The summed E-state index contributed by atoms with van der Waals surface area (Å²) in [4.78, 5) is 19.9. The maximum Gasteiger partial charge on any atom is 0.407 e. The van der Waals surface area contributed by atoms with Crippen LogP contribution in [0.5, 0.6) is 5.75 Å². The molecule has 162 valence electrons. The Morgan fingerprint density at radius 1 is 1.26 bits per heavy atom. The molecule has 0 bridgehead atoms. The highest BCUT2D eigenvalue weighted by molar-refractivity contribution is 5.69. The van der Waals surface area contributed by atoms with Crippen molar-refractivity contribution in [2.75, 3.05) is 18.5 Å². The number of anilines is 1. The SMILES string of the molecule is Cc1cc(-c2nc(-c3ccc(OC[C@H]4COC(=O)N4)c(F)c3)no2)cc(NC(C)C)n1. The minimum absolute atomic E-state index is 0.0581. The first kappa shape index (κ1) is 20.6. The quantitative estimate of drug-likeness (QED) is 0.589. The summed E-state index contributed by atoms with van der Waals surface area (Å²) in [5.74, 6) is 0.760. The molecule has 3 heterocycles. The Labute approximate surface area is 178 Å². The lowest BCUT2D eigenvalue weighted by Gasteiger charge is -2.11. The first-order chi connectivity index (χ1) is 14.9. The number of pyridine rings is 1. The van der Waals surface area contributed by atoms with Crippen molar-refractivity contribution in [2.45, 2.75) is 32.9 Å². The van der Waals surface area contributed by atoms with Gasteiger partial charge in [0.15, 0.2) is 11.6 Å². The van der Waals surface area contributed by atoms with Crippen LogP contribution in [0.25, 0.3) is 22.8 Å². The molecule has 31 heavy (non-hydrogen) atoms. The fraction of sp³-hybridized carbons (Fsp3) is 0.333. The van der Waals surface area contributed by atoms with Crippen LogP contribution in [0, 0.1) is 12.7 Å². The molecular formula is C21H22FN5O4. The topological polar surface area (TPSA) is 111 Å². The van der Waals surface area contributed by atoms with Gasteiger partial charge in [0.2, 0.25) is 5.82 Å². The van der Waals surface area contributed by atoms with Gasteiger partial charge in [-0.15, -0.1) is 0 Å². The van der Waals surface area contributed by atoms with Crippen molar-refractivity contribution in [1.82, 2.24) is 20.4 Å². The van der Waals surface area contributed by atoms with Gasteiger partial charge in [0.1, 0.15) is 25.1 Å². The fourth-order valence-electron chi connectivity index (χ4n) is 3.08. The second-order valence-electron chi connectivity index (χ2n) is 7.50. The highest BCUT2D eigenvalue weighted by Gasteiger charge is 2.23. The Bertz CT molecular complexity index is 1100. The molecule has 0 spiro atoms. The average molecular weight is 427 g/mol. The van der Waals surface area contributed by atoms with Crippen LogP contribution in [0.1, 0.15) is 19.5 Å². The van der Waals surface area contributed by atoms with Crippen LogP contribution in [0.15, 0.2) is 34.9 Å². The van der Waals surface area contributed by atoms with Gasteiger partial charge < -0.3 is 24.6 Å². The second-order valence-corrected chi connectivity index (χ2v) is 7.50. The largest absolute Gasteiger partial charge is 0.488 e. The smallest absolute Gasteiger partial charge is 0.407 e. The molecule has 1 atom stereocenters. The number of hydrogen-bond donors (Lipinski definition) is 2. The van der Waals surface area contributed by atoms with Gasteiger partial charge >= 0.3 is 6.09 Å². The average Bonchev–Trinajstić information content (AvgIpc) is 3.35. The summed E-state index contributed by atoms with van der Waals surface area (Å²) in [6.45, 7) is 6.21. The molecule has 0 unspecified atom stereocenters. The standard InChI is InChI=1S/C21H22FN5O4/c1-11(2)23-18-8-14(6-12(3)24-18)20-26-19(27-31-20)13-4-5-17(16(22)7-13)29-9-15-10-30-21(28)25-15/h4-8,11,15H,9-10H2,1-3H3,(H,23,24)(H,25,28)/t15-/m0/s1. The fourth-order valence-corrected chi connectivity index (χ4v) is 3.08. The van der Waals surface area contributed by atoms with Gasteiger partial charge in [0.25, 0.3) is 5.89 Å². The molecule has 4 rings (SSSR count).